The predicted molar refractivity (Wildman–Crippen MR) is 250 cm³/mol. The van der Waals surface area contributed by atoms with Gasteiger partial charge in [0.1, 0.15) is 5.58 Å². The molecule has 7 heteroatoms. The maximum Gasteiger partial charge on any atom is 0.142 e. The van der Waals surface area contributed by atoms with Gasteiger partial charge in [0, 0.05) is 43.1 Å². The predicted octanol–water partition coefficient (Wildman–Crippen LogP) is 13.7. The summed E-state index contributed by atoms with van der Waals surface area (Å²) < 4.78 is 9.04. The number of fused-ring (bicyclic) bond motifs is 4. The molecule has 1 radical (unpaired) electrons. The number of aryl methyl sites for hydroxylation is 3. The summed E-state index contributed by atoms with van der Waals surface area (Å²) in [5.41, 5.74) is 15.8. The molecule has 0 saturated heterocycles. The summed E-state index contributed by atoms with van der Waals surface area (Å²) in [6.45, 7) is 22.3. The van der Waals surface area contributed by atoms with Gasteiger partial charge in [-0.3, -0.25) is 9.97 Å². The van der Waals surface area contributed by atoms with Crippen LogP contribution in [0.4, 0.5) is 0 Å². The van der Waals surface area contributed by atoms with Crippen molar-refractivity contribution in [3.05, 3.63) is 162 Å². The van der Waals surface area contributed by atoms with Crippen LogP contribution in [-0.2, 0) is 20.1 Å². The molecule has 0 aliphatic heterocycles. The molecular weight excluding hydrogens is 929 g/mol. The number of hydrogen-bond donors (Lipinski definition) is 0. The first-order chi connectivity index (χ1) is 28.3. The van der Waals surface area contributed by atoms with Crippen LogP contribution in [-0.4, -0.2) is 27.6 Å². The van der Waals surface area contributed by atoms with E-state index < -0.39 is 8.07 Å². The Labute approximate surface area is 369 Å². The molecule has 0 atom stereocenters. The normalized spacial score (nSPS) is 11.7. The largest absolute Gasteiger partial charge is 0.499 e. The molecule has 0 amide bonds. The zero-order chi connectivity index (χ0) is 41.6. The van der Waals surface area contributed by atoms with Crippen LogP contribution in [0, 0.1) is 32.9 Å². The average molecular weight is 981 g/mol. The van der Waals surface area contributed by atoms with Gasteiger partial charge in [-0.05, 0) is 89.1 Å². The molecule has 4 aromatic heterocycles. The molecule has 9 rings (SSSR count). The molecule has 5 nitrogen and oxygen atoms in total. The Morgan fingerprint density at radius 1 is 0.700 bits per heavy atom. The third-order valence-electron chi connectivity index (χ3n) is 11.2. The maximum absolute atomic E-state index is 6.68. The van der Waals surface area contributed by atoms with E-state index in [1.54, 1.807) is 0 Å². The van der Waals surface area contributed by atoms with Crippen LogP contribution in [0.15, 0.2) is 126 Å². The number of hydrogen-bond acceptors (Lipinski definition) is 4. The van der Waals surface area contributed by atoms with Crippen molar-refractivity contribution in [1.29, 1.82) is 0 Å². The van der Waals surface area contributed by atoms with Gasteiger partial charge in [-0.25, -0.2) is 0 Å². The summed E-state index contributed by atoms with van der Waals surface area (Å²) in [6, 6.07) is 47.1. The van der Waals surface area contributed by atoms with Gasteiger partial charge >= 0.3 is 0 Å². The number of furan rings is 1. The van der Waals surface area contributed by atoms with Crippen molar-refractivity contribution in [3.63, 3.8) is 0 Å². The Morgan fingerprint density at radius 2 is 1.38 bits per heavy atom. The maximum atomic E-state index is 6.68. The second-order valence-electron chi connectivity index (χ2n) is 17.3. The van der Waals surface area contributed by atoms with Gasteiger partial charge in [0.2, 0.25) is 0 Å². The zero-order valence-electron chi connectivity index (χ0n) is 36.2. The van der Waals surface area contributed by atoms with E-state index in [0.29, 0.717) is 0 Å². The number of nitrogens with zero attached hydrogens (tertiary/aromatic N) is 4. The van der Waals surface area contributed by atoms with E-state index in [4.69, 9.17) is 14.4 Å². The van der Waals surface area contributed by atoms with Gasteiger partial charge in [0.05, 0.1) is 36.2 Å². The first-order valence-corrected chi connectivity index (χ1v) is 24.2. The Balaban J connectivity index is 0.000000270. The minimum atomic E-state index is -1.23. The van der Waals surface area contributed by atoms with Gasteiger partial charge in [-0.1, -0.05) is 120 Å². The van der Waals surface area contributed by atoms with Crippen LogP contribution in [0.1, 0.15) is 67.6 Å². The average Bonchev–Trinajstić information content (AvgIpc) is 3.81. The van der Waals surface area contributed by atoms with E-state index in [2.05, 4.69) is 167 Å². The first-order valence-electron chi connectivity index (χ1n) is 20.7. The monoisotopic (exact) mass is 981 g/mol. The van der Waals surface area contributed by atoms with Crippen molar-refractivity contribution < 1.29 is 24.5 Å². The van der Waals surface area contributed by atoms with Crippen molar-refractivity contribution in [3.8, 4) is 39.5 Å². The summed E-state index contributed by atoms with van der Waals surface area (Å²) in [5, 5.41) is 3.59. The molecule has 4 heterocycles. The number of pyridine rings is 2. The summed E-state index contributed by atoms with van der Waals surface area (Å²) in [6.07, 6.45) is 2.02. The fraction of sp³-hybridized carbons (Fsp3) is 0.226. The van der Waals surface area contributed by atoms with E-state index in [1.165, 1.54) is 33.1 Å². The van der Waals surface area contributed by atoms with Crippen molar-refractivity contribution in [2.24, 2.45) is 0 Å². The fourth-order valence-electron chi connectivity index (χ4n) is 8.04. The van der Waals surface area contributed by atoms with Crippen LogP contribution in [0.25, 0.3) is 72.4 Å². The molecule has 60 heavy (non-hydrogen) atoms. The van der Waals surface area contributed by atoms with Gasteiger partial charge in [0.15, 0.2) is 0 Å². The van der Waals surface area contributed by atoms with Gasteiger partial charge < -0.3 is 14.0 Å². The molecule has 5 aromatic carbocycles. The van der Waals surface area contributed by atoms with E-state index >= 15 is 0 Å². The van der Waals surface area contributed by atoms with Gasteiger partial charge in [0.25, 0.3) is 0 Å². The minimum absolute atomic E-state index is 0. The standard InChI is InChI=1S/C39H36N3O.C14H16NSi.Ir/c1-22(2)30-20-28(27-13-9-8-10-14-27)21-31(23(3)4)36(30)42-34-16-12-11-15-33(34)41-39(42)29-18-17-24(5)35-32-19-25(6)40-26(7)37(32)43-38(29)35;1-16(2,3)13-9-10-14(15-11-13)12-7-5-4-6-8-12;/h8-17,19-23H,1-7H3;4-7,9-11H,1-3H3;/q2*-1;. The summed E-state index contributed by atoms with van der Waals surface area (Å²) in [4.78, 5) is 14.5. The third-order valence-corrected chi connectivity index (χ3v) is 13.2. The van der Waals surface area contributed by atoms with Crippen molar-refractivity contribution in [1.82, 2.24) is 19.5 Å². The second kappa shape index (κ2) is 17.3. The van der Waals surface area contributed by atoms with Crippen LogP contribution in [0.5, 0.6) is 0 Å². The quantitative estimate of drug-likeness (QED) is 0.118. The summed E-state index contributed by atoms with van der Waals surface area (Å²) in [5.74, 6) is 1.41. The number of rotatable bonds is 7. The topological polar surface area (TPSA) is 56.7 Å². The molecule has 0 aliphatic rings. The molecule has 0 saturated carbocycles. The molecule has 0 aliphatic carbocycles. The molecule has 9 aromatic rings. The minimum Gasteiger partial charge on any atom is -0.499 e. The molecule has 0 spiro atoms. The molecule has 0 fully saturated rings. The van der Waals surface area contributed by atoms with Gasteiger partial charge in [-0.2, -0.15) is 0 Å². The van der Waals surface area contributed by atoms with E-state index in [1.807, 2.05) is 44.3 Å². The first kappa shape index (κ1) is 42.7. The number of imidazole rings is 1. The van der Waals surface area contributed by atoms with E-state index in [9.17, 15) is 0 Å². The van der Waals surface area contributed by atoms with Gasteiger partial charge in [-0.15, -0.1) is 53.6 Å². The number of para-hydroxylation sites is 2. The Hall–Kier alpha value is -5.46. The van der Waals surface area contributed by atoms with E-state index in [0.717, 1.165) is 72.6 Å². The van der Waals surface area contributed by atoms with Crippen molar-refractivity contribution >= 4 is 46.2 Å². The van der Waals surface area contributed by atoms with Crippen LogP contribution >= 0.6 is 0 Å². The Kier molecular flexibility index (Phi) is 12.3. The summed E-state index contributed by atoms with van der Waals surface area (Å²) >= 11 is 0. The molecule has 0 bridgehead atoms. The molecular formula is C53H52IrN4OSi-2. The van der Waals surface area contributed by atoms with Crippen LogP contribution in [0.3, 0.4) is 0 Å². The second-order valence-corrected chi connectivity index (χ2v) is 22.4. The smallest absolute Gasteiger partial charge is 0.142 e. The Morgan fingerprint density at radius 3 is 2.02 bits per heavy atom. The number of aromatic nitrogens is 4. The third kappa shape index (κ3) is 8.19. The SMILES string of the molecule is C[Si](C)(C)c1ccc(-c2[c-]cccc2)nc1.Cc1cc2c(oc3c(-c4nc5ccccc5n4-c4c(C(C)C)cc(-c5ccccc5)cc4C(C)C)[c-]cc(C)c32)c(C)n1.[Ir]. The van der Waals surface area contributed by atoms with Crippen LogP contribution in [0.2, 0.25) is 19.6 Å². The van der Waals surface area contributed by atoms with Crippen LogP contribution < -0.4 is 5.19 Å². The van der Waals surface area contributed by atoms with Crippen molar-refractivity contribution in [2.45, 2.75) is 79.9 Å². The fourth-order valence-corrected chi connectivity index (χ4v) is 9.08. The molecule has 0 unspecified atom stereocenters. The van der Waals surface area contributed by atoms with E-state index in [-0.39, 0.29) is 31.9 Å². The Bertz CT molecular complexity index is 2910. The molecule has 0 N–H and O–H groups in total. The summed E-state index contributed by atoms with van der Waals surface area (Å²) in [7, 11) is -1.23. The van der Waals surface area contributed by atoms with Crippen molar-refractivity contribution in [2.75, 3.05) is 0 Å². The molecule has 305 valence electrons. The zero-order valence-corrected chi connectivity index (χ0v) is 39.6. The number of benzene rings is 5.